The average molecular weight is 374 g/mol. The van der Waals surface area contributed by atoms with E-state index in [1.54, 1.807) is 0 Å². The van der Waals surface area contributed by atoms with Gasteiger partial charge in [-0.05, 0) is 30.6 Å². The lowest BCUT2D eigenvalue weighted by molar-refractivity contribution is 0.579. The maximum absolute atomic E-state index is 9.49. The third kappa shape index (κ3) is 4.66. The summed E-state index contributed by atoms with van der Waals surface area (Å²) in [5, 5.41) is 9.49. The molecule has 1 aliphatic heterocycles. The summed E-state index contributed by atoms with van der Waals surface area (Å²) < 4.78 is 0. The van der Waals surface area contributed by atoms with E-state index in [4.69, 9.17) is 5.73 Å². The van der Waals surface area contributed by atoms with Crippen LogP contribution in [0.3, 0.4) is 0 Å². The quantitative estimate of drug-likeness (QED) is 0.845. The Morgan fingerprint density at radius 2 is 1.96 bits per heavy atom. The molecule has 0 radical (unpaired) electrons. The summed E-state index contributed by atoms with van der Waals surface area (Å²) >= 11 is 0. The van der Waals surface area contributed by atoms with E-state index in [0.717, 1.165) is 23.2 Å². The molecule has 0 atom stereocenters. The van der Waals surface area contributed by atoms with Crippen molar-refractivity contribution in [2.24, 2.45) is 5.73 Å². The molecule has 144 valence electrons. The first-order valence-corrected chi connectivity index (χ1v) is 9.55. The maximum atomic E-state index is 9.49. The number of hydrogen-bond donors (Lipinski definition) is 1. The molecule has 0 saturated carbocycles. The van der Waals surface area contributed by atoms with Crippen molar-refractivity contribution in [3.8, 4) is 6.07 Å². The van der Waals surface area contributed by atoms with Gasteiger partial charge in [0, 0.05) is 18.9 Å². The molecule has 0 spiro atoms. The van der Waals surface area contributed by atoms with E-state index >= 15 is 0 Å². The van der Waals surface area contributed by atoms with Gasteiger partial charge < -0.3 is 10.6 Å². The monoisotopic (exact) mass is 373 g/mol. The third-order valence-corrected chi connectivity index (χ3v) is 4.39. The Balaban J connectivity index is 0.00000136. The highest BCUT2D eigenvalue weighted by Gasteiger charge is 2.20. The van der Waals surface area contributed by atoms with Gasteiger partial charge in [-0.3, -0.25) is 0 Å². The topological polar surface area (TPSA) is 78.8 Å². The van der Waals surface area contributed by atoms with Gasteiger partial charge in [0.05, 0.1) is 17.0 Å². The van der Waals surface area contributed by atoms with E-state index in [9.17, 15) is 5.26 Å². The van der Waals surface area contributed by atoms with E-state index in [0.29, 0.717) is 23.5 Å². The number of nitrogens with two attached hydrogens (primary N) is 1. The molecule has 28 heavy (non-hydrogen) atoms. The van der Waals surface area contributed by atoms with Gasteiger partial charge in [0.1, 0.15) is 18.1 Å². The molecule has 1 aromatic carbocycles. The first-order valence-electron chi connectivity index (χ1n) is 9.55. The summed E-state index contributed by atoms with van der Waals surface area (Å²) in [5.41, 5.74) is 12.1. The lowest BCUT2D eigenvalue weighted by atomic mass is 10.0. The molecule has 0 aliphatic carbocycles. The summed E-state index contributed by atoms with van der Waals surface area (Å²) in [7, 11) is 0. The van der Waals surface area contributed by atoms with Gasteiger partial charge >= 0.3 is 0 Å². The molecule has 0 bridgehead atoms. The normalized spacial score (nSPS) is 13.7. The van der Waals surface area contributed by atoms with Crippen LogP contribution in [0.15, 0.2) is 60.7 Å². The fourth-order valence-electron chi connectivity index (χ4n) is 2.85. The minimum absolute atomic E-state index is 0.399. The highest BCUT2D eigenvalue weighted by molar-refractivity contribution is 5.89. The average Bonchev–Trinajstić information content (AvgIpc) is 2.76. The summed E-state index contributed by atoms with van der Waals surface area (Å²) in [6, 6.07) is 10.2. The number of nitriles is 1. The number of aromatic nitrogens is 2. The fourth-order valence-corrected chi connectivity index (χ4v) is 2.85. The van der Waals surface area contributed by atoms with Crippen molar-refractivity contribution < 1.29 is 0 Å². The molecule has 1 aromatic heterocycles. The van der Waals surface area contributed by atoms with Gasteiger partial charge in [0.25, 0.3) is 0 Å². The maximum Gasteiger partial charge on any atom is 0.116 e. The highest BCUT2D eigenvalue weighted by Crippen LogP contribution is 2.29. The molecule has 0 amide bonds. The van der Waals surface area contributed by atoms with Crippen LogP contribution in [0.1, 0.15) is 49.6 Å². The molecule has 5 nitrogen and oxygen atoms in total. The van der Waals surface area contributed by atoms with Crippen LogP contribution in [-0.4, -0.2) is 21.4 Å². The Kier molecular flexibility index (Phi) is 7.53. The number of aryl methyl sites for hydroxylation is 1. The number of hydrogen-bond acceptors (Lipinski definition) is 5. The Morgan fingerprint density at radius 3 is 2.54 bits per heavy atom. The van der Waals surface area contributed by atoms with Gasteiger partial charge in [-0.25, -0.2) is 9.97 Å². The summed E-state index contributed by atoms with van der Waals surface area (Å²) in [5.74, 6) is 0. The molecule has 2 aromatic rings. The van der Waals surface area contributed by atoms with Gasteiger partial charge in [0.2, 0.25) is 0 Å². The van der Waals surface area contributed by atoms with E-state index < -0.39 is 0 Å². The predicted octanol–water partition coefficient (Wildman–Crippen LogP) is 4.63. The van der Waals surface area contributed by atoms with Crippen molar-refractivity contribution in [3.63, 3.8) is 0 Å². The lowest BCUT2D eigenvalue weighted by Gasteiger charge is -2.27. The Labute approximate surface area is 167 Å². The molecular weight excluding hydrogens is 346 g/mol. The molecule has 2 N–H and O–H groups in total. The second kappa shape index (κ2) is 10.1. The minimum atomic E-state index is 0.399. The molecule has 3 rings (SSSR count). The van der Waals surface area contributed by atoms with Crippen LogP contribution < -0.4 is 5.73 Å². The van der Waals surface area contributed by atoms with Crippen LogP contribution >= 0.6 is 0 Å². The smallest absolute Gasteiger partial charge is 0.116 e. The lowest BCUT2D eigenvalue weighted by Crippen LogP contribution is -2.23. The summed E-state index contributed by atoms with van der Waals surface area (Å²) in [4.78, 5) is 10.4. The summed E-state index contributed by atoms with van der Waals surface area (Å²) in [6.07, 6.45) is 10.2. The Morgan fingerprint density at radius 1 is 1.25 bits per heavy atom. The zero-order chi connectivity index (χ0) is 20.5. The molecular formula is C23H27N5. The van der Waals surface area contributed by atoms with Crippen molar-refractivity contribution >= 4 is 11.4 Å². The van der Waals surface area contributed by atoms with Crippen molar-refractivity contribution in [3.05, 3.63) is 83.1 Å². The second-order valence-corrected chi connectivity index (χ2v) is 6.13. The van der Waals surface area contributed by atoms with Crippen molar-refractivity contribution in [1.29, 1.82) is 5.26 Å². The van der Waals surface area contributed by atoms with Gasteiger partial charge in [-0.2, -0.15) is 5.26 Å². The summed E-state index contributed by atoms with van der Waals surface area (Å²) in [6.45, 7) is 8.84. The largest absolute Gasteiger partial charge is 0.396 e. The minimum Gasteiger partial charge on any atom is -0.396 e. The van der Waals surface area contributed by atoms with Crippen molar-refractivity contribution in [1.82, 2.24) is 14.9 Å². The van der Waals surface area contributed by atoms with E-state index in [-0.39, 0.29) is 0 Å². The molecule has 2 heterocycles. The second-order valence-electron chi connectivity index (χ2n) is 6.13. The van der Waals surface area contributed by atoms with E-state index in [2.05, 4.69) is 35.1 Å². The number of benzene rings is 1. The van der Waals surface area contributed by atoms with E-state index in [1.165, 1.54) is 18.1 Å². The van der Waals surface area contributed by atoms with Crippen LogP contribution in [0.5, 0.6) is 0 Å². The standard InChI is InChI=1S/C21H21N5.C2H6/c1-3-16-8-10-26(11-9-16)21(20-18(12-22)13-24-14-25-20)19(23)17-6-4-15(2)5-7-17;1-2/h4-10,13-14H,3,11,23H2,1-2H3;1-2H3/b21-19-;. The van der Waals surface area contributed by atoms with Crippen molar-refractivity contribution in [2.45, 2.75) is 34.1 Å². The van der Waals surface area contributed by atoms with Crippen molar-refractivity contribution in [2.75, 3.05) is 6.54 Å². The molecule has 0 fully saturated rings. The number of nitrogens with zero attached hydrogens (tertiary/aromatic N) is 4. The van der Waals surface area contributed by atoms with Crippen LogP contribution in [0.25, 0.3) is 11.4 Å². The Bertz CT molecular complexity index is 930. The molecule has 5 heteroatoms. The van der Waals surface area contributed by atoms with Crippen LogP contribution in [-0.2, 0) is 0 Å². The first-order chi connectivity index (χ1) is 13.6. The third-order valence-electron chi connectivity index (χ3n) is 4.39. The fraction of sp³-hybridized carbons (Fsp3) is 0.261. The SMILES string of the molecule is CC.CCC1=CCN(/C(=C(\N)c2ccc(C)cc2)c2ncncc2C#N)C=C1. The zero-order valence-electron chi connectivity index (χ0n) is 17.0. The first kappa shape index (κ1) is 20.9. The number of allylic oxidation sites excluding steroid dienone is 2. The molecule has 0 unspecified atom stereocenters. The van der Waals surface area contributed by atoms with Crippen LogP contribution in [0.2, 0.25) is 0 Å². The van der Waals surface area contributed by atoms with E-state index in [1.807, 2.05) is 56.1 Å². The van der Waals surface area contributed by atoms with Gasteiger partial charge in [0.15, 0.2) is 0 Å². The van der Waals surface area contributed by atoms with Gasteiger partial charge in [-0.1, -0.05) is 56.7 Å². The zero-order valence-corrected chi connectivity index (χ0v) is 17.0. The Hall–Kier alpha value is -3.39. The molecule has 0 saturated heterocycles. The number of rotatable bonds is 4. The van der Waals surface area contributed by atoms with Crippen LogP contribution in [0, 0.1) is 18.3 Å². The van der Waals surface area contributed by atoms with Crippen LogP contribution in [0.4, 0.5) is 0 Å². The highest BCUT2D eigenvalue weighted by atomic mass is 15.1. The predicted molar refractivity (Wildman–Crippen MR) is 114 cm³/mol. The molecule has 1 aliphatic rings. The van der Waals surface area contributed by atoms with Gasteiger partial charge in [-0.15, -0.1) is 0 Å².